The summed E-state index contributed by atoms with van der Waals surface area (Å²) in [5.41, 5.74) is -0.947. The standard InChI is InChI=1S/C9H7BF3O3.K/c1-16-9(15)8(14)6-2-4-7(5-3-6)10(11,12)13;/h2-5H,1H3;/q-1;+1. The summed E-state index contributed by atoms with van der Waals surface area (Å²) in [6.45, 7) is -5.09. The fourth-order valence-corrected chi connectivity index (χ4v) is 1.06. The molecular formula is C9H7BF3KO3. The Morgan fingerprint density at radius 2 is 1.59 bits per heavy atom. The molecule has 0 radical (unpaired) electrons. The van der Waals surface area contributed by atoms with E-state index in [1.54, 1.807) is 0 Å². The fourth-order valence-electron chi connectivity index (χ4n) is 1.06. The molecule has 0 bridgehead atoms. The first-order chi connectivity index (χ1) is 7.36. The summed E-state index contributed by atoms with van der Waals surface area (Å²) in [6.07, 6.45) is 0. The summed E-state index contributed by atoms with van der Waals surface area (Å²) in [7, 11) is 1.02. The topological polar surface area (TPSA) is 43.4 Å². The van der Waals surface area contributed by atoms with Crippen LogP contribution >= 0.6 is 0 Å². The van der Waals surface area contributed by atoms with Crippen LogP contribution in [0.2, 0.25) is 0 Å². The zero-order valence-corrected chi connectivity index (χ0v) is 12.4. The van der Waals surface area contributed by atoms with E-state index >= 15 is 0 Å². The monoisotopic (exact) mass is 270 g/mol. The average molecular weight is 270 g/mol. The maximum Gasteiger partial charge on any atom is 1.00 e. The van der Waals surface area contributed by atoms with E-state index in [9.17, 15) is 22.5 Å². The molecule has 0 aromatic heterocycles. The van der Waals surface area contributed by atoms with Gasteiger partial charge in [0, 0.05) is 5.56 Å². The molecule has 17 heavy (non-hydrogen) atoms. The van der Waals surface area contributed by atoms with E-state index in [0.29, 0.717) is 0 Å². The van der Waals surface area contributed by atoms with Crippen LogP contribution in [0.4, 0.5) is 12.9 Å². The van der Waals surface area contributed by atoms with Crippen LogP contribution in [-0.2, 0) is 9.53 Å². The van der Waals surface area contributed by atoms with Crippen LogP contribution < -0.4 is 56.8 Å². The zero-order chi connectivity index (χ0) is 12.3. The van der Waals surface area contributed by atoms with Crippen LogP contribution in [0.25, 0.3) is 0 Å². The number of halogens is 3. The van der Waals surface area contributed by atoms with E-state index < -0.39 is 24.2 Å². The van der Waals surface area contributed by atoms with Crippen molar-refractivity contribution in [3.05, 3.63) is 29.8 Å². The van der Waals surface area contributed by atoms with Gasteiger partial charge in [-0.2, -0.15) is 0 Å². The molecule has 0 atom stereocenters. The second kappa shape index (κ2) is 6.70. The Morgan fingerprint density at radius 1 is 1.12 bits per heavy atom. The number of rotatable bonds is 3. The van der Waals surface area contributed by atoms with E-state index in [1.807, 2.05) is 0 Å². The minimum atomic E-state index is -5.09. The Morgan fingerprint density at radius 3 is 1.94 bits per heavy atom. The molecule has 0 amide bonds. The molecule has 0 N–H and O–H groups in total. The number of carbonyl (C=O) groups excluding carboxylic acids is 2. The molecule has 0 saturated carbocycles. The van der Waals surface area contributed by atoms with Crippen molar-refractivity contribution < 1.29 is 78.7 Å². The Bertz CT molecular complexity index is 416. The number of hydrogen-bond donors (Lipinski definition) is 0. The van der Waals surface area contributed by atoms with E-state index in [2.05, 4.69) is 4.74 Å². The predicted octanol–water partition coefficient (Wildman–Crippen LogP) is -1.90. The average Bonchev–Trinajstić information content (AvgIpc) is 2.26. The normalized spacial score (nSPS) is 10.4. The van der Waals surface area contributed by atoms with Gasteiger partial charge in [-0.25, -0.2) is 4.79 Å². The van der Waals surface area contributed by atoms with Crippen molar-refractivity contribution in [2.24, 2.45) is 0 Å². The van der Waals surface area contributed by atoms with Crippen molar-refractivity contribution in [3.63, 3.8) is 0 Å². The van der Waals surface area contributed by atoms with Crippen LogP contribution in [0.3, 0.4) is 0 Å². The molecule has 8 heteroatoms. The van der Waals surface area contributed by atoms with Gasteiger partial charge in [0.25, 0.3) is 5.78 Å². The van der Waals surface area contributed by atoms with Crippen LogP contribution in [0, 0.1) is 0 Å². The van der Waals surface area contributed by atoms with Gasteiger partial charge in [-0.3, -0.25) is 4.79 Å². The van der Waals surface area contributed by atoms with Gasteiger partial charge in [0.05, 0.1) is 7.11 Å². The van der Waals surface area contributed by atoms with Crippen molar-refractivity contribution in [1.29, 1.82) is 0 Å². The van der Waals surface area contributed by atoms with Gasteiger partial charge < -0.3 is 17.7 Å². The SMILES string of the molecule is COC(=O)C(=O)c1ccc([B-](F)(F)F)cc1.[K+]. The van der Waals surface area contributed by atoms with Crippen LogP contribution in [-0.4, -0.2) is 25.8 Å². The molecule has 3 nitrogen and oxygen atoms in total. The van der Waals surface area contributed by atoms with Crippen molar-refractivity contribution in [2.45, 2.75) is 0 Å². The molecule has 0 saturated heterocycles. The number of Topliss-reactive ketones (excluding diaryl/α,β-unsaturated/α-hetero) is 1. The summed E-state index contributed by atoms with van der Waals surface area (Å²) >= 11 is 0. The minimum Gasteiger partial charge on any atom is -0.463 e. The van der Waals surface area contributed by atoms with Gasteiger partial charge in [0.2, 0.25) is 0 Å². The molecule has 1 rings (SSSR count). The Kier molecular flexibility index (Phi) is 6.64. The minimum absolute atomic E-state index is 0. The number of methoxy groups -OCH3 is 1. The fraction of sp³-hybridized carbons (Fsp3) is 0.111. The number of ketones is 1. The van der Waals surface area contributed by atoms with Crippen molar-refractivity contribution in [3.8, 4) is 0 Å². The second-order valence-corrected chi connectivity index (χ2v) is 3.02. The predicted molar refractivity (Wildman–Crippen MR) is 51.5 cm³/mol. The molecule has 0 aliphatic heterocycles. The third-order valence-electron chi connectivity index (χ3n) is 1.92. The third kappa shape index (κ3) is 4.55. The van der Waals surface area contributed by atoms with Gasteiger partial charge in [-0.05, 0) is 0 Å². The van der Waals surface area contributed by atoms with Gasteiger partial charge in [0.1, 0.15) is 0 Å². The summed E-state index contributed by atoms with van der Waals surface area (Å²) in [5, 5.41) is 0. The molecule has 0 aliphatic rings. The van der Waals surface area contributed by atoms with E-state index in [4.69, 9.17) is 0 Å². The maximum absolute atomic E-state index is 12.2. The number of esters is 1. The smallest absolute Gasteiger partial charge is 0.463 e. The van der Waals surface area contributed by atoms with Crippen molar-refractivity contribution >= 4 is 24.2 Å². The summed E-state index contributed by atoms with van der Waals surface area (Å²) in [4.78, 5) is 22.0. The molecule has 0 spiro atoms. The largest absolute Gasteiger partial charge is 1.00 e. The van der Waals surface area contributed by atoms with E-state index in [1.165, 1.54) is 0 Å². The third-order valence-corrected chi connectivity index (χ3v) is 1.92. The molecule has 86 valence electrons. The first-order valence-corrected chi connectivity index (χ1v) is 4.29. The van der Waals surface area contributed by atoms with Gasteiger partial charge >= 0.3 is 64.3 Å². The molecule has 0 aliphatic carbocycles. The Balaban J connectivity index is 0.00000256. The first kappa shape index (κ1) is 16.9. The first-order valence-electron chi connectivity index (χ1n) is 4.29. The quantitative estimate of drug-likeness (QED) is 0.279. The summed E-state index contributed by atoms with van der Waals surface area (Å²) < 4.78 is 40.9. The Labute approximate surface area is 138 Å². The number of hydrogen-bond acceptors (Lipinski definition) is 3. The van der Waals surface area contributed by atoms with Gasteiger partial charge in [-0.15, -0.1) is 5.46 Å². The number of benzene rings is 1. The van der Waals surface area contributed by atoms with E-state index in [0.717, 1.165) is 31.4 Å². The van der Waals surface area contributed by atoms with Crippen molar-refractivity contribution in [1.82, 2.24) is 0 Å². The molecule has 1 aromatic rings. The number of carbonyl (C=O) groups is 2. The Hall–Kier alpha value is -0.149. The number of ether oxygens (including phenoxy) is 1. The van der Waals surface area contributed by atoms with E-state index in [-0.39, 0.29) is 56.9 Å². The molecule has 1 aromatic carbocycles. The summed E-state index contributed by atoms with van der Waals surface area (Å²) in [6, 6.07) is 3.42. The molecule has 0 unspecified atom stereocenters. The summed E-state index contributed by atoms with van der Waals surface area (Å²) in [5.74, 6) is -2.08. The van der Waals surface area contributed by atoms with Crippen LogP contribution in [0.15, 0.2) is 24.3 Å². The molecule has 0 fully saturated rings. The molecule has 0 heterocycles. The van der Waals surface area contributed by atoms with Crippen molar-refractivity contribution in [2.75, 3.05) is 7.11 Å². The van der Waals surface area contributed by atoms with Crippen LogP contribution in [0.1, 0.15) is 10.4 Å². The second-order valence-electron chi connectivity index (χ2n) is 3.02. The zero-order valence-electron chi connectivity index (χ0n) is 9.25. The van der Waals surface area contributed by atoms with Gasteiger partial charge in [0.15, 0.2) is 0 Å². The maximum atomic E-state index is 12.2. The van der Waals surface area contributed by atoms with Crippen LogP contribution in [0.5, 0.6) is 0 Å². The molecular weight excluding hydrogens is 263 g/mol. The van der Waals surface area contributed by atoms with Gasteiger partial charge in [-0.1, -0.05) is 24.3 Å².